The van der Waals surface area contributed by atoms with Gasteiger partial charge >= 0.3 is 0 Å². The van der Waals surface area contributed by atoms with E-state index >= 15 is 0 Å². The molecule has 3 rings (SSSR count). The Morgan fingerprint density at radius 2 is 1.66 bits per heavy atom. The molecule has 0 aliphatic heterocycles. The van der Waals surface area contributed by atoms with Gasteiger partial charge in [-0.3, -0.25) is 13.9 Å². The van der Waals surface area contributed by atoms with Gasteiger partial charge in [-0.15, -0.1) is 0 Å². The van der Waals surface area contributed by atoms with E-state index in [4.69, 9.17) is 27.9 Å². The highest BCUT2D eigenvalue weighted by molar-refractivity contribution is 7.92. The molecule has 0 radical (unpaired) electrons. The molecule has 0 aliphatic carbocycles. The standard InChI is InChI=1S/C30H35Cl2N3O5S/c1-5-6-17-33-30(37)22(3)34(19-23-9-10-24(31)18-28(23)32)29(36)20-35(25-11-13-26(40-4)14-12-25)41(38,39)27-15-7-21(2)8-16-27/h7-16,18,22H,5-6,17,19-20H2,1-4H3,(H,33,37)/t22-/m0/s1. The average molecular weight is 621 g/mol. The highest BCUT2D eigenvalue weighted by atomic mass is 35.5. The van der Waals surface area contributed by atoms with Gasteiger partial charge in [0.1, 0.15) is 18.3 Å². The Morgan fingerprint density at radius 3 is 2.24 bits per heavy atom. The van der Waals surface area contributed by atoms with E-state index in [9.17, 15) is 18.0 Å². The van der Waals surface area contributed by atoms with Crippen LogP contribution in [0.4, 0.5) is 5.69 Å². The lowest BCUT2D eigenvalue weighted by atomic mass is 10.1. The molecule has 0 spiro atoms. The maximum Gasteiger partial charge on any atom is 0.264 e. The van der Waals surface area contributed by atoms with E-state index in [0.717, 1.165) is 22.7 Å². The molecule has 0 bridgehead atoms. The lowest BCUT2D eigenvalue weighted by molar-refractivity contribution is -0.139. The number of carbonyl (C=O) groups is 2. The minimum atomic E-state index is -4.17. The molecule has 3 aromatic carbocycles. The molecule has 0 saturated heterocycles. The number of anilines is 1. The molecule has 2 amide bonds. The summed E-state index contributed by atoms with van der Waals surface area (Å²) in [4.78, 5) is 28.4. The topological polar surface area (TPSA) is 96.0 Å². The summed E-state index contributed by atoms with van der Waals surface area (Å²) >= 11 is 12.5. The molecular weight excluding hydrogens is 585 g/mol. The number of hydrogen-bond donors (Lipinski definition) is 1. The first-order valence-corrected chi connectivity index (χ1v) is 15.4. The van der Waals surface area contributed by atoms with Crippen molar-refractivity contribution < 1.29 is 22.7 Å². The number of methoxy groups -OCH3 is 1. The highest BCUT2D eigenvalue weighted by Gasteiger charge is 2.32. The van der Waals surface area contributed by atoms with Crippen LogP contribution in [0.15, 0.2) is 71.6 Å². The predicted molar refractivity (Wildman–Crippen MR) is 163 cm³/mol. The van der Waals surface area contributed by atoms with Crippen molar-refractivity contribution in [2.75, 3.05) is 24.5 Å². The molecule has 41 heavy (non-hydrogen) atoms. The summed E-state index contributed by atoms with van der Waals surface area (Å²) < 4.78 is 34.1. The van der Waals surface area contributed by atoms with Gasteiger partial charge in [-0.2, -0.15) is 0 Å². The molecule has 8 nitrogen and oxygen atoms in total. The summed E-state index contributed by atoms with van der Waals surface area (Å²) in [6, 6.07) is 16.7. The first kappa shape index (κ1) is 32.2. The van der Waals surface area contributed by atoms with E-state index in [1.165, 1.54) is 24.1 Å². The van der Waals surface area contributed by atoms with Gasteiger partial charge in [0.05, 0.1) is 17.7 Å². The molecule has 1 N–H and O–H groups in total. The zero-order valence-corrected chi connectivity index (χ0v) is 25.9. The van der Waals surface area contributed by atoms with Gasteiger partial charge in [0.15, 0.2) is 0 Å². The van der Waals surface area contributed by atoms with Crippen LogP contribution in [0.25, 0.3) is 0 Å². The second-order valence-electron chi connectivity index (χ2n) is 9.60. The van der Waals surface area contributed by atoms with Crippen molar-refractivity contribution in [1.82, 2.24) is 10.2 Å². The second-order valence-corrected chi connectivity index (χ2v) is 12.3. The SMILES string of the molecule is CCCCNC(=O)[C@H](C)N(Cc1ccc(Cl)cc1Cl)C(=O)CN(c1ccc(OC)cc1)S(=O)(=O)c1ccc(C)cc1. The molecule has 220 valence electrons. The zero-order valence-electron chi connectivity index (χ0n) is 23.6. The number of hydrogen-bond acceptors (Lipinski definition) is 5. The Hall–Kier alpha value is -3.27. The zero-order chi connectivity index (χ0) is 30.2. The summed E-state index contributed by atoms with van der Waals surface area (Å²) in [5, 5.41) is 3.61. The van der Waals surface area contributed by atoms with E-state index in [0.29, 0.717) is 27.9 Å². The molecule has 3 aromatic rings. The van der Waals surface area contributed by atoms with Crippen molar-refractivity contribution in [3.63, 3.8) is 0 Å². The van der Waals surface area contributed by atoms with Crippen LogP contribution in [0.3, 0.4) is 0 Å². The average Bonchev–Trinajstić information content (AvgIpc) is 2.95. The Bertz CT molecular complexity index is 1450. The smallest absolute Gasteiger partial charge is 0.264 e. The van der Waals surface area contributed by atoms with E-state index in [1.54, 1.807) is 61.5 Å². The van der Waals surface area contributed by atoms with Gasteiger partial charge in [-0.1, -0.05) is 60.3 Å². The number of benzene rings is 3. The lowest BCUT2D eigenvalue weighted by Gasteiger charge is -2.32. The van der Waals surface area contributed by atoms with Crippen LogP contribution in [-0.2, 0) is 26.2 Å². The predicted octanol–water partition coefficient (Wildman–Crippen LogP) is 5.84. The number of aryl methyl sites for hydroxylation is 1. The third kappa shape index (κ3) is 8.38. The minimum absolute atomic E-state index is 0.0295. The van der Waals surface area contributed by atoms with Crippen LogP contribution < -0.4 is 14.4 Å². The van der Waals surface area contributed by atoms with Crippen LogP contribution >= 0.6 is 23.2 Å². The Labute approximate surface area is 252 Å². The molecular formula is C30H35Cl2N3O5S. The lowest BCUT2D eigenvalue weighted by Crippen LogP contribution is -2.51. The maximum atomic E-state index is 14.0. The second kappa shape index (κ2) is 14.6. The number of sulfonamides is 1. The van der Waals surface area contributed by atoms with E-state index < -0.39 is 28.5 Å². The largest absolute Gasteiger partial charge is 0.497 e. The number of amides is 2. The van der Waals surface area contributed by atoms with Gasteiger partial charge in [0, 0.05) is 23.1 Å². The Kier molecular flexibility index (Phi) is 11.5. The first-order valence-electron chi connectivity index (χ1n) is 13.2. The highest BCUT2D eigenvalue weighted by Crippen LogP contribution is 2.28. The van der Waals surface area contributed by atoms with Crippen LogP contribution in [0, 0.1) is 6.92 Å². The third-order valence-corrected chi connectivity index (χ3v) is 8.98. The van der Waals surface area contributed by atoms with Gasteiger partial charge in [-0.05, 0) is 74.4 Å². The molecule has 1 atom stereocenters. The summed E-state index contributed by atoms with van der Waals surface area (Å²) in [6.45, 7) is 5.35. The van der Waals surface area contributed by atoms with Crippen molar-refractivity contribution in [3.8, 4) is 5.75 Å². The molecule has 0 fully saturated rings. The molecule has 11 heteroatoms. The van der Waals surface area contributed by atoms with Crippen molar-refractivity contribution >= 4 is 50.7 Å². The summed E-state index contributed by atoms with van der Waals surface area (Å²) in [5.74, 6) is -0.404. The fraction of sp³-hybridized carbons (Fsp3) is 0.333. The van der Waals surface area contributed by atoms with Gasteiger partial charge in [-0.25, -0.2) is 8.42 Å². The number of nitrogens with zero attached hydrogens (tertiary/aromatic N) is 2. The van der Waals surface area contributed by atoms with Crippen LogP contribution in [0.2, 0.25) is 10.0 Å². The van der Waals surface area contributed by atoms with Gasteiger partial charge in [0.2, 0.25) is 11.8 Å². The van der Waals surface area contributed by atoms with Crippen LogP contribution in [0.1, 0.15) is 37.8 Å². The summed E-state index contributed by atoms with van der Waals surface area (Å²) in [5.41, 5.74) is 1.73. The van der Waals surface area contributed by atoms with E-state index in [-0.39, 0.29) is 23.0 Å². The number of nitrogens with one attached hydrogen (secondary N) is 1. The van der Waals surface area contributed by atoms with Crippen molar-refractivity contribution in [2.24, 2.45) is 0 Å². The monoisotopic (exact) mass is 619 g/mol. The number of carbonyl (C=O) groups excluding carboxylic acids is 2. The molecule has 0 aliphatic rings. The first-order chi connectivity index (χ1) is 19.5. The van der Waals surface area contributed by atoms with Crippen molar-refractivity contribution in [3.05, 3.63) is 87.9 Å². The number of halogens is 2. The Morgan fingerprint density at radius 1 is 1.00 bits per heavy atom. The quantitative estimate of drug-likeness (QED) is 0.243. The third-order valence-electron chi connectivity index (χ3n) is 6.60. The summed E-state index contributed by atoms with van der Waals surface area (Å²) in [6.07, 6.45) is 1.68. The molecule has 0 heterocycles. The number of ether oxygens (including phenoxy) is 1. The normalized spacial score (nSPS) is 12.0. The van der Waals surface area contributed by atoms with Crippen molar-refractivity contribution in [2.45, 2.75) is 51.1 Å². The van der Waals surface area contributed by atoms with E-state index in [1.807, 2.05) is 13.8 Å². The van der Waals surface area contributed by atoms with E-state index in [2.05, 4.69) is 5.32 Å². The fourth-order valence-electron chi connectivity index (χ4n) is 4.07. The summed E-state index contributed by atoms with van der Waals surface area (Å²) in [7, 11) is -2.66. The number of unbranched alkanes of at least 4 members (excludes halogenated alkanes) is 1. The minimum Gasteiger partial charge on any atom is -0.497 e. The number of rotatable bonds is 13. The Balaban J connectivity index is 2.02. The molecule has 0 aromatic heterocycles. The molecule has 0 unspecified atom stereocenters. The van der Waals surface area contributed by atoms with Gasteiger partial charge in [0.25, 0.3) is 10.0 Å². The van der Waals surface area contributed by atoms with Gasteiger partial charge < -0.3 is 15.0 Å². The molecule has 0 saturated carbocycles. The fourth-order valence-corrected chi connectivity index (χ4v) is 5.95. The van der Waals surface area contributed by atoms with Crippen molar-refractivity contribution in [1.29, 1.82) is 0 Å². The van der Waals surface area contributed by atoms with Crippen LogP contribution in [0.5, 0.6) is 5.75 Å². The van der Waals surface area contributed by atoms with Crippen LogP contribution in [-0.4, -0.2) is 51.4 Å². The maximum absolute atomic E-state index is 14.0.